The fourth-order valence-electron chi connectivity index (χ4n) is 3.96. The van der Waals surface area contributed by atoms with Crippen molar-refractivity contribution in [2.24, 2.45) is 11.8 Å². The van der Waals surface area contributed by atoms with Crippen molar-refractivity contribution in [2.75, 3.05) is 13.1 Å². The van der Waals surface area contributed by atoms with Crippen molar-refractivity contribution < 1.29 is 0 Å². The summed E-state index contributed by atoms with van der Waals surface area (Å²) in [5.41, 5.74) is 1.47. The molecule has 1 heterocycles. The molecule has 1 saturated heterocycles. The van der Waals surface area contributed by atoms with Gasteiger partial charge in [0.1, 0.15) is 0 Å². The quantitative estimate of drug-likeness (QED) is 0.837. The van der Waals surface area contributed by atoms with E-state index in [1.165, 1.54) is 50.8 Å². The third kappa shape index (κ3) is 3.04. The first-order chi connectivity index (χ1) is 9.86. The van der Waals surface area contributed by atoms with E-state index >= 15 is 0 Å². The van der Waals surface area contributed by atoms with E-state index in [9.17, 15) is 5.26 Å². The third-order valence-electron chi connectivity index (χ3n) is 5.13. The third-order valence-corrected chi connectivity index (χ3v) is 5.13. The van der Waals surface area contributed by atoms with Gasteiger partial charge in [0.2, 0.25) is 0 Å². The van der Waals surface area contributed by atoms with Crippen molar-refractivity contribution in [3.63, 3.8) is 0 Å². The van der Waals surface area contributed by atoms with Gasteiger partial charge < -0.3 is 0 Å². The maximum absolute atomic E-state index is 9.24. The van der Waals surface area contributed by atoms with Crippen LogP contribution in [0.1, 0.15) is 37.7 Å². The lowest BCUT2D eigenvalue weighted by Crippen LogP contribution is -2.43. The molecule has 0 amide bonds. The van der Waals surface area contributed by atoms with Crippen LogP contribution in [0.2, 0.25) is 0 Å². The fraction of sp³-hybridized carbons (Fsp3) is 0.611. The smallest absolute Gasteiger partial charge is 0.0672 e. The molecule has 2 atom stereocenters. The van der Waals surface area contributed by atoms with Crippen LogP contribution >= 0.6 is 0 Å². The van der Waals surface area contributed by atoms with E-state index in [4.69, 9.17) is 0 Å². The summed E-state index contributed by atoms with van der Waals surface area (Å²) in [4.78, 5) is 2.60. The van der Waals surface area contributed by atoms with Crippen LogP contribution in [-0.2, 0) is 6.42 Å². The van der Waals surface area contributed by atoms with Gasteiger partial charge in [0.25, 0.3) is 0 Å². The zero-order valence-corrected chi connectivity index (χ0v) is 12.2. The highest BCUT2D eigenvalue weighted by atomic mass is 15.2. The molecule has 0 radical (unpaired) electrons. The maximum Gasteiger partial charge on any atom is 0.0672 e. The van der Waals surface area contributed by atoms with E-state index in [0.29, 0.717) is 12.0 Å². The van der Waals surface area contributed by atoms with Gasteiger partial charge >= 0.3 is 0 Å². The summed E-state index contributed by atoms with van der Waals surface area (Å²) >= 11 is 0. The van der Waals surface area contributed by atoms with Gasteiger partial charge in [-0.2, -0.15) is 5.26 Å². The van der Waals surface area contributed by atoms with Gasteiger partial charge in [-0.3, -0.25) is 4.90 Å². The first kappa shape index (κ1) is 13.6. The van der Waals surface area contributed by atoms with E-state index in [1.54, 1.807) is 0 Å². The first-order valence-corrected chi connectivity index (χ1v) is 8.04. The monoisotopic (exact) mass is 268 g/mol. The van der Waals surface area contributed by atoms with Crippen LogP contribution in [0.25, 0.3) is 0 Å². The number of nitriles is 1. The minimum absolute atomic E-state index is 0.292. The molecule has 2 heteroatoms. The predicted molar refractivity (Wildman–Crippen MR) is 81.2 cm³/mol. The van der Waals surface area contributed by atoms with Crippen LogP contribution in [0.4, 0.5) is 0 Å². The summed E-state index contributed by atoms with van der Waals surface area (Å²) in [6.45, 7) is 2.39. The molecule has 1 saturated carbocycles. The van der Waals surface area contributed by atoms with Crippen LogP contribution in [-0.4, -0.2) is 24.0 Å². The molecule has 2 unspecified atom stereocenters. The van der Waals surface area contributed by atoms with E-state index < -0.39 is 0 Å². The van der Waals surface area contributed by atoms with Gasteiger partial charge in [0.15, 0.2) is 0 Å². The molecular formula is C18H24N2. The lowest BCUT2D eigenvalue weighted by molar-refractivity contribution is 0.120. The molecule has 0 N–H and O–H groups in total. The normalized spacial score (nSPS) is 28.4. The van der Waals surface area contributed by atoms with E-state index in [0.717, 1.165) is 12.3 Å². The molecule has 20 heavy (non-hydrogen) atoms. The molecular weight excluding hydrogens is 244 g/mol. The van der Waals surface area contributed by atoms with Crippen molar-refractivity contribution in [1.82, 2.24) is 4.90 Å². The Labute approximate surface area is 122 Å². The topological polar surface area (TPSA) is 27.0 Å². The highest BCUT2D eigenvalue weighted by molar-refractivity contribution is 5.15. The first-order valence-electron chi connectivity index (χ1n) is 8.04. The van der Waals surface area contributed by atoms with Gasteiger partial charge in [0.05, 0.1) is 12.0 Å². The summed E-state index contributed by atoms with van der Waals surface area (Å²) in [5, 5.41) is 9.24. The minimum Gasteiger partial charge on any atom is -0.299 e. The van der Waals surface area contributed by atoms with Gasteiger partial charge in [-0.15, -0.1) is 0 Å². The molecule has 0 aromatic heterocycles. The number of piperidine rings is 1. The second-order valence-electron chi connectivity index (χ2n) is 6.40. The highest BCUT2D eigenvalue weighted by Crippen LogP contribution is 2.32. The Hall–Kier alpha value is -1.33. The van der Waals surface area contributed by atoms with Crippen molar-refractivity contribution >= 4 is 0 Å². The SMILES string of the molecule is N#CC1CCCC1N1CCC(Cc2ccccc2)CC1. The van der Waals surface area contributed by atoms with Crippen molar-refractivity contribution in [2.45, 2.75) is 44.6 Å². The highest BCUT2D eigenvalue weighted by Gasteiger charge is 2.33. The lowest BCUT2D eigenvalue weighted by atomic mass is 9.89. The van der Waals surface area contributed by atoms with E-state index in [-0.39, 0.29) is 0 Å². The van der Waals surface area contributed by atoms with Crippen LogP contribution in [0.3, 0.4) is 0 Å². The van der Waals surface area contributed by atoms with Gasteiger partial charge in [-0.1, -0.05) is 36.8 Å². The summed E-state index contributed by atoms with van der Waals surface area (Å²) < 4.78 is 0. The molecule has 2 nitrogen and oxygen atoms in total. The second-order valence-corrected chi connectivity index (χ2v) is 6.40. The number of rotatable bonds is 3. The van der Waals surface area contributed by atoms with Gasteiger partial charge in [0, 0.05) is 6.04 Å². The largest absolute Gasteiger partial charge is 0.299 e. The average Bonchev–Trinajstić information content (AvgIpc) is 2.98. The number of benzene rings is 1. The van der Waals surface area contributed by atoms with Crippen molar-refractivity contribution in [1.29, 1.82) is 5.26 Å². The summed E-state index contributed by atoms with van der Waals surface area (Å²) in [7, 11) is 0. The Morgan fingerprint density at radius 2 is 1.80 bits per heavy atom. The molecule has 2 fully saturated rings. The number of likely N-dealkylation sites (tertiary alicyclic amines) is 1. The standard InChI is InChI=1S/C18H24N2/c19-14-17-7-4-8-18(17)20-11-9-16(10-12-20)13-15-5-2-1-3-6-15/h1-3,5-6,16-18H,4,7-13H2. The number of hydrogen-bond donors (Lipinski definition) is 0. The molecule has 0 bridgehead atoms. The van der Waals surface area contributed by atoms with E-state index in [2.05, 4.69) is 41.3 Å². The molecule has 1 aliphatic carbocycles. The Bertz CT molecular complexity index is 454. The molecule has 2 aliphatic rings. The molecule has 1 aliphatic heterocycles. The molecule has 1 aromatic rings. The van der Waals surface area contributed by atoms with Crippen molar-refractivity contribution in [3.05, 3.63) is 35.9 Å². The Kier molecular flexibility index (Phi) is 4.38. The Morgan fingerprint density at radius 3 is 2.50 bits per heavy atom. The molecule has 1 aromatic carbocycles. The van der Waals surface area contributed by atoms with Gasteiger partial charge in [-0.05, 0) is 56.7 Å². The number of hydrogen-bond acceptors (Lipinski definition) is 2. The second kappa shape index (κ2) is 6.41. The van der Waals surface area contributed by atoms with Gasteiger partial charge in [-0.25, -0.2) is 0 Å². The van der Waals surface area contributed by atoms with Crippen LogP contribution in [0.5, 0.6) is 0 Å². The fourth-order valence-corrected chi connectivity index (χ4v) is 3.96. The number of nitrogens with zero attached hydrogens (tertiary/aromatic N) is 2. The van der Waals surface area contributed by atoms with E-state index in [1.807, 2.05) is 0 Å². The van der Waals surface area contributed by atoms with Crippen LogP contribution in [0, 0.1) is 23.2 Å². The lowest BCUT2D eigenvalue weighted by Gasteiger charge is -2.37. The summed E-state index contributed by atoms with van der Waals surface area (Å²) in [6.07, 6.45) is 7.41. The summed E-state index contributed by atoms with van der Waals surface area (Å²) in [5.74, 6) is 1.12. The Morgan fingerprint density at radius 1 is 1.05 bits per heavy atom. The summed E-state index contributed by atoms with van der Waals surface area (Å²) in [6, 6.07) is 13.9. The van der Waals surface area contributed by atoms with Crippen LogP contribution in [0.15, 0.2) is 30.3 Å². The Balaban J connectivity index is 1.51. The molecule has 0 spiro atoms. The van der Waals surface area contributed by atoms with Crippen molar-refractivity contribution in [3.8, 4) is 6.07 Å². The van der Waals surface area contributed by atoms with Crippen LogP contribution < -0.4 is 0 Å². The zero-order chi connectivity index (χ0) is 13.8. The zero-order valence-electron chi connectivity index (χ0n) is 12.2. The molecule has 3 rings (SSSR count). The molecule has 106 valence electrons. The average molecular weight is 268 g/mol. The maximum atomic E-state index is 9.24. The predicted octanol–water partition coefficient (Wildman–Crippen LogP) is 3.63. The minimum atomic E-state index is 0.292.